The van der Waals surface area contributed by atoms with E-state index in [0.29, 0.717) is 13.0 Å². The molecule has 4 rings (SSSR count). The largest absolute Gasteiger partial charge is 0.348 e. The molecule has 0 bridgehead atoms. The number of hydrogen-bond acceptors (Lipinski definition) is 3. The van der Waals surface area contributed by atoms with Crippen LogP contribution in [0.25, 0.3) is 10.4 Å². The van der Waals surface area contributed by atoms with Crippen molar-refractivity contribution in [3.8, 4) is 10.4 Å². The maximum atomic E-state index is 13.4. The van der Waals surface area contributed by atoms with Crippen LogP contribution in [0.3, 0.4) is 0 Å². The molecule has 1 saturated heterocycles. The topological polar surface area (TPSA) is 40.6 Å². The maximum absolute atomic E-state index is 13.4. The first-order valence-corrected chi connectivity index (χ1v) is 11.5. The highest BCUT2D eigenvalue weighted by Gasteiger charge is 2.45. The summed E-state index contributed by atoms with van der Waals surface area (Å²) in [4.78, 5) is 31.3. The van der Waals surface area contributed by atoms with Gasteiger partial charge >= 0.3 is 0 Å². The van der Waals surface area contributed by atoms with Crippen LogP contribution in [0.4, 0.5) is 0 Å². The van der Waals surface area contributed by atoms with Gasteiger partial charge in [0.2, 0.25) is 11.8 Å². The Bertz CT molecular complexity index is 873. The third-order valence-electron chi connectivity index (χ3n) is 6.54. The van der Waals surface area contributed by atoms with Gasteiger partial charge in [-0.15, -0.1) is 11.3 Å². The fourth-order valence-corrected chi connectivity index (χ4v) is 5.60. The third-order valence-corrected chi connectivity index (χ3v) is 7.44. The number of thiophene rings is 1. The highest BCUT2D eigenvalue weighted by Crippen LogP contribution is 2.40. The molecule has 2 amide bonds. The van der Waals surface area contributed by atoms with Crippen molar-refractivity contribution >= 4 is 23.2 Å². The van der Waals surface area contributed by atoms with Crippen LogP contribution in [0.5, 0.6) is 0 Å². The average Bonchev–Trinajstić information content (AvgIpc) is 3.21. The van der Waals surface area contributed by atoms with Crippen molar-refractivity contribution in [3.05, 3.63) is 47.3 Å². The minimum absolute atomic E-state index is 0.143. The minimum Gasteiger partial charge on any atom is -0.348 e. The molecule has 1 aliphatic carbocycles. The number of carbonyl (C=O) groups is 2. The predicted octanol–water partition coefficient (Wildman–Crippen LogP) is 4.45. The molecule has 0 N–H and O–H groups in total. The zero-order valence-corrected chi connectivity index (χ0v) is 18.2. The van der Waals surface area contributed by atoms with E-state index < -0.39 is 5.41 Å². The van der Waals surface area contributed by atoms with Crippen LogP contribution >= 0.6 is 11.3 Å². The summed E-state index contributed by atoms with van der Waals surface area (Å²) in [5.41, 5.74) is 1.85. The lowest BCUT2D eigenvalue weighted by Gasteiger charge is -2.45. The van der Waals surface area contributed by atoms with Crippen LogP contribution < -0.4 is 0 Å². The van der Waals surface area contributed by atoms with E-state index in [1.54, 1.807) is 16.2 Å². The quantitative estimate of drug-likeness (QED) is 0.730. The Labute approximate surface area is 177 Å². The van der Waals surface area contributed by atoms with Gasteiger partial charge in [0.1, 0.15) is 0 Å². The molecule has 0 radical (unpaired) electrons. The Kier molecular flexibility index (Phi) is 5.77. The molecular weight excluding hydrogens is 380 g/mol. The van der Waals surface area contributed by atoms with Crippen molar-refractivity contribution in [1.29, 1.82) is 0 Å². The third kappa shape index (κ3) is 3.97. The minimum atomic E-state index is -0.547. The molecule has 154 valence electrons. The van der Waals surface area contributed by atoms with E-state index in [1.807, 2.05) is 19.0 Å². The second-order valence-corrected chi connectivity index (χ2v) is 9.73. The highest BCUT2D eigenvalue weighted by atomic mass is 32.1. The average molecular weight is 411 g/mol. The lowest BCUT2D eigenvalue weighted by molar-refractivity contribution is -0.150. The first-order chi connectivity index (χ1) is 14.0. The van der Waals surface area contributed by atoms with Gasteiger partial charge in [-0.25, -0.2) is 0 Å². The first kappa shape index (κ1) is 20.1. The van der Waals surface area contributed by atoms with Gasteiger partial charge in [-0.3, -0.25) is 9.59 Å². The number of rotatable bonds is 5. The summed E-state index contributed by atoms with van der Waals surface area (Å²) in [6.45, 7) is 1.32. The summed E-state index contributed by atoms with van der Waals surface area (Å²) < 4.78 is 0. The van der Waals surface area contributed by atoms with E-state index in [2.05, 4.69) is 41.8 Å². The molecule has 1 unspecified atom stereocenters. The second kappa shape index (κ2) is 8.31. The van der Waals surface area contributed by atoms with Crippen LogP contribution in [0.15, 0.2) is 41.8 Å². The Morgan fingerprint density at radius 2 is 1.93 bits per heavy atom. The van der Waals surface area contributed by atoms with Gasteiger partial charge in [0.25, 0.3) is 0 Å². The molecule has 2 heterocycles. The molecule has 0 spiro atoms. The lowest BCUT2D eigenvalue weighted by atomic mass is 9.72. The van der Waals surface area contributed by atoms with Crippen molar-refractivity contribution in [2.24, 2.45) is 11.3 Å². The predicted molar refractivity (Wildman–Crippen MR) is 118 cm³/mol. The molecule has 29 heavy (non-hydrogen) atoms. The second-order valence-electron chi connectivity index (χ2n) is 8.78. The SMILES string of the molecule is CN(C)C(=O)C1(Cc2ccccc2-c2cccs2)CCCN(C(=O)C2CCC2)C1. The van der Waals surface area contributed by atoms with Crippen molar-refractivity contribution < 1.29 is 9.59 Å². The van der Waals surface area contributed by atoms with Gasteiger partial charge in [0.05, 0.1) is 5.41 Å². The normalized spacial score (nSPS) is 22.2. The summed E-state index contributed by atoms with van der Waals surface area (Å²) in [7, 11) is 3.67. The fraction of sp³-hybridized carbons (Fsp3) is 0.500. The van der Waals surface area contributed by atoms with Gasteiger partial charge in [0, 0.05) is 38.0 Å². The fourth-order valence-electron chi connectivity index (χ4n) is 4.81. The number of piperidine rings is 1. The molecule has 1 atom stereocenters. The maximum Gasteiger partial charge on any atom is 0.230 e. The van der Waals surface area contributed by atoms with Crippen molar-refractivity contribution in [2.75, 3.05) is 27.2 Å². The summed E-state index contributed by atoms with van der Waals surface area (Å²) in [5, 5.41) is 2.09. The van der Waals surface area contributed by atoms with Gasteiger partial charge in [0.15, 0.2) is 0 Å². The van der Waals surface area contributed by atoms with Crippen molar-refractivity contribution in [2.45, 2.75) is 38.5 Å². The van der Waals surface area contributed by atoms with Crippen molar-refractivity contribution in [3.63, 3.8) is 0 Å². The van der Waals surface area contributed by atoms with E-state index >= 15 is 0 Å². The molecule has 2 aromatic rings. The molecular formula is C24H30N2O2S. The molecule has 2 aliphatic rings. The van der Waals surface area contributed by atoms with Crippen LogP contribution in [-0.4, -0.2) is 48.8 Å². The number of benzene rings is 1. The lowest BCUT2D eigenvalue weighted by Crippen LogP contribution is -2.55. The molecule has 1 aromatic heterocycles. The van der Waals surface area contributed by atoms with Crippen LogP contribution in [0.1, 0.15) is 37.7 Å². The van der Waals surface area contributed by atoms with Gasteiger partial charge in [-0.1, -0.05) is 36.8 Å². The molecule has 1 aromatic carbocycles. The van der Waals surface area contributed by atoms with E-state index in [-0.39, 0.29) is 17.7 Å². The molecule has 2 fully saturated rings. The summed E-state index contributed by atoms with van der Waals surface area (Å²) in [6, 6.07) is 12.6. The summed E-state index contributed by atoms with van der Waals surface area (Å²) >= 11 is 1.73. The zero-order valence-electron chi connectivity index (χ0n) is 17.4. The molecule has 1 aliphatic heterocycles. The Balaban J connectivity index is 1.66. The van der Waals surface area contributed by atoms with Gasteiger partial charge in [-0.05, 0) is 54.7 Å². The number of hydrogen-bond donors (Lipinski definition) is 0. The molecule has 5 heteroatoms. The molecule has 1 saturated carbocycles. The van der Waals surface area contributed by atoms with E-state index in [4.69, 9.17) is 0 Å². The first-order valence-electron chi connectivity index (χ1n) is 10.6. The number of likely N-dealkylation sites (tertiary alicyclic amines) is 1. The molecule has 4 nitrogen and oxygen atoms in total. The van der Waals surface area contributed by atoms with Gasteiger partial charge < -0.3 is 9.80 Å². The monoisotopic (exact) mass is 410 g/mol. The smallest absolute Gasteiger partial charge is 0.230 e. The van der Waals surface area contributed by atoms with Gasteiger partial charge in [-0.2, -0.15) is 0 Å². The van der Waals surface area contributed by atoms with E-state index in [0.717, 1.165) is 38.6 Å². The zero-order chi connectivity index (χ0) is 20.4. The van der Waals surface area contributed by atoms with Crippen LogP contribution in [-0.2, 0) is 16.0 Å². The Morgan fingerprint density at radius 1 is 1.14 bits per heavy atom. The van der Waals surface area contributed by atoms with Crippen molar-refractivity contribution in [1.82, 2.24) is 9.80 Å². The van der Waals surface area contributed by atoms with E-state index in [1.165, 1.54) is 16.0 Å². The Hall–Kier alpha value is -2.14. The van der Waals surface area contributed by atoms with E-state index in [9.17, 15) is 9.59 Å². The summed E-state index contributed by atoms with van der Waals surface area (Å²) in [5.74, 6) is 0.585. The Morgan fingerprint density at radius 3 is 2.59 bits per heavy atom. The van der Waals surface area contributed by atoms with Crippen LogP contribution in [0, 0.1) is 11.3 Å². The highest BCUT2D eigenvalue weighted by molar-refractivity contribution is 7.13. The number of nitrogens with zero attached hydrogens (tertiary/aromatic N) is 2. The van der Waals surface area contributed by atoms with Crippen LogP contribution in [0.2, 0.25) is 0 Å². The number of carbonyl (C=O) groups excluding carboxylic acids is 2. The standard InChI is InChI=1S/C24H30N2O2S/c1-25(2)23(28)24(13-7-14-26(17-24)22(27)18-9-5-10-18)16-19-8-3-4-11-20(19)21-12-6-15-29-21/h3-4,6,8,11-12,15,18H,5,7,9-10,13-14,16-17H2,1-2H3. The number of amides is 2. The summed E-state index contributed by atoms with van der Waals surface area (Å²) in [6.07, 6.45) is 5.56.